The van der Waals surface area contributed by atoms with Gasteiger partial charge in [-0.1, -0.05) is 17.7 Å². The molecule has 0 spiro atoms. The Morgan fingerprint density at radius 1 is 1.19 bits per heavy atom. The van der Waals surface area contributed by atoms with E-state index in [0.717, 1.165) is 0 Å². The summed E-state index contributed by atoms with van der Waals surface area (Å²) in [6.45, 7) is 1.01. The smallest absolute Gasteiger partial charge is 0.274 e. The fourth-order valence-electron chi connectivity index (χ4n) is 1.61. The Bertz CT molecular complexity index is 602. The summed E-state index contributed by atoms with van der Waals surface area (Å²) in [5, 5.41) is 3.02. The van der Waals surface area contributed by atoms with Gasteiger partial charge in [-0.05, 0) is 36.4 Å². The van der Waals surface area contributed by atoms with Crippen LogP contribution in [0, 0.1) is 0 Å². The van der Waals surface area contributed by atoms with Gasteiger partial charge in [0.2, 0.25) is 0 Å². The largest absolute Gasteiger partial charge is 0.491 e. The van der Waals surface area contributed by atoms with Crippen molar-refractivity contribution in [2.24, 2.45) is 0 Å². The van der Waals surface area contributed by atoms with Crippen molar-refractivity contribution in [3.63, 3.8) is 0 Å². The fourth-order valence-corrected chi connectivity index (χ4v) is 1.77. The summed E-state index contributed by atoms with van der Waals surface area (Å²) in [7, 11) is 1.62. The first-order chi connectivity index (χ1) is 10.2. The molecular weight excluding hydrogens is 292 g/mol. The van der Waals surface area contributed by atoms with Crippen LogP contribution >= 0.6 is 11.6 Å². The zero-order valence-electron chi connectivity index (χ0n) is 11.5. The molecule has 1 N–H and O–H groups in total. The van der Waals surface area contributed by atoms with Gasteiger partial charge in [0, 0.05) is 12.8 Å². The van der Waals surface area contributed by atoms with Crippen LogP contribution in [0.25, 0.3) is 0 Å². The molecule has 6 heteroatoms. The number of hydrogen-bond acceptors (Lipinski definition) is 4. The van der Waals surface area contributed by atoms with Crippen molar-refractivity contribution in [1.29, 1.82) is 0 Å². The average molecular weight is 307 g/mol. The number of amides is 1. The first-order valence-electron chi connectivity index (χ1n) is 6.35. The molecule has 2 aromatic rings. The van der Waals surface area contributed by atoms with Gasteiger partial charge in [-0.15, -0.1) is 0 Å². The molecule has 1 amide bonds. The summed E-state index contributed by atoms with van der Waals surface area (Å²) in [5.74, 6) is 0.400. The quantitative estimate of drug-likeness (QED) is 0.658. The minimum Gasteiger partial charge on any atom is -0.491 e. The highest BCUT2D eigenvalue weighted by molar-refractivity contribution is 6.29. The fraction of sp³-hybridized carbons (Fsp3) is 0.200. The van der Waals surface area contributed by atoms with Gasteiger partial charge in [-0.2, -0.15) is 0 Å². The van der Waals surface area contributed by atoms with Crippen molar-refractivity contribution in [2.75, 3.05) is 25.6 Å². The summed E-state index contributed by atoms with van der Waals surface area (Å²) < 4.78 is 10.3. The number of hydrogen-bond donors (Lipinski definition) is 1. The monoisotopic (exact) mass is 306 g/mol. The number of rotatable bonds is 6. The van der Waals surface area contributed by atoms with Crippen molar-refractivity contribution in [2.45, 2.75) is 0 Å². The van der Waals surface area contributed by atoms with Gasteiger partial charge in [0.15, 0.2) is 0 Å². The number of halogens is 1. The molecule has 0 unspecified atom stereocenters. The lowest BCUT2D eigenvalue weighted by molar-refractivity contribution is 0.102. The van der Waals surface area contributed by atoms with Gasteiger partial charge in [0.1, 0.15) is 23.2 Å². The maximum atomic E-state index is 12.0. The van der Waals surface area contributed by atoms with E-state index in [1.807, 2.05) is 0 Å². The number of anilines is 1. The van der Waals surface area contributed by atoms with Crippen LogP contribution in [0.4, 0.5) is 5.69 Å². The highest BCUT2D eigenvalue weighted by atomic mass is 35.5. The Morgan fingerprint density at radius 2 is 1.95 bits per heavy atom. The van der Waals surface area contributed by atoms with E-state index in [-0.39, 0.29) is 16.8 Å². The Labute approximate surface area is 127 Å². The second-order valence-electron chi connectivity index (χ2n) is 4.17. The van der Waals surface area contributed by atoms with Gasteiger partial charge in [0.25, 0.3) is 5.91 Å². The number of carbonyl (C=O) groups excluding carboxylic acids is 1. The lowest BCUT2D eigenvalue weighted by atomic mass is 10.3. The molecule has 2 rings (SSSR count). The van der Waals surface area contributed by atoms with Crippen molar-refractivity contribution in [3.8, 4) is 5.75 Å². The number of methoxy groups -OCH3 is 1. The van der Waals surface area contributed by atoms with E-state index >= 15 is 0 Å². The van der Waals surface area contributed by atoms with Crippen LogP contribution in [0.3, 0.4) is 0 Å². The topological polar surface area (TPSA) is 60.5 Å². The zero-order chi connectivity index (χ0) is 15.1. The number of aromatic nitrogens is 1. The van der Waals surface area contributed by atoms with Crippen molar-refractivity contribution in [3.05, 3.63) is 53.3 Å². The lowest BCUT2D eigenvalue weighted by Crippen LogP contribution is -2.13. The number of nitrogens with zero attached hydrogens (tertiary/aromatic N) is 1. The van der Waals surface area contributed by atoms with Crippen molar-refractivity contribution < 1.29 is 14.3 Å². The number of benzene rings is 1. The Hall–Kier alpha value is -2.11. The van der Waals surface area contributed by atoms with E-state index in [9.17, 15) is 4.79 Å². The molecule has 0 aliphatic heterocycles. The summed E-state index contributed by atoms with van der Waals surface area (Å²) >= 11 is 5.76. The molecule has 0 atom stereocenters. The second kappa shape index (κ2) is 7.61. The van der Waals surface area contributed by atoms with Gasteiger partial charge < -0.3 is 14.8 Å². The number of pyridine rings is 1. The molecule has 0 saturated carbocycles. The van der Waals surface area contributed by atoms with Crippen LogP contribution < -0.4 is 10.1 Å². The SMILES string of the molecule is COCCOc1ccc(NC(=O)c2cccc(Cl)n2)cc1. The highest BCUT2D eigenvalue weighted by Gasteiger charge is 2.08. The van der Waals surface area contributed by atoms with Crippen LogP contribution in [0.1, 0.15) is 10.5 Å². The highest BCUT2D eigenvalue weighted by Crippen LogP contribution is 2.16. The normalized spacial score (nSPS) is 10.2. The lowest BCUT2D eigenvalue weighted by Gasteiger charge is -2.08. The molecule has 0 bridgehead atoms. The summed E-state index contributed by atoms with van der Waals surface area (Å²) in [6, 6.07) is 12.0. The molecule has 110 valence electrons. The Balaban J connectivity index is 1.95. The van der Waals surface area contributed by atoms with Gasteiger partial charge >= 0.3 is 0 Å². The van der Waals surface area contributed by atoms with Crippen molar-refractivity contribution >= 4 is 23.2 Å². The van der Waals surface area contributed by atoms with Crippen LogP contribution in [0.2, 0.25) is 5.15 Å². The minimum atomic E-state index is -0.314. The van der Waals surface area contributed by atoms with E-state index in [1.165, 1.54) is 0 Å². The summed E-state index contributed by atoms with van der Waals surface area (Å²) in [4.78, 5) is 15.9. The molecule has 0 fully saturated rings. The molecule has 5 nitrogen and oxygen atoms in total. The second-order valence-corrected chi connectivity index (χ2v) is 4.55. The summed E-state index contributed by atoms with van der Waals surface area (Å²) in [6.07, 6.45) is 0. The van der Waals surface area contributed by atoms with E-state index in [4.69, 9.17) is 21.1 Å². The van der Waals surface area contributed by atoms with E-state index in [1.54, 1.807) is 49.6 Å². The Kier molecular flexibility index (Phi) is 5.54. The third kappa shape index (κ3) is 4.73. The molecule has 21 heavy (non-hydrogen) atoms. The third-order valence-electron chi connectivity index (χ3n) is 2.62. The Morgan fingerprint density at radius 3 is 2.62 bits per heavy atom. The maximum Gasteiger partial charge on any atom is 0.274 e. The molecule has 1 aromatic heterocycles. The van der Waals surface area contributed by atoms with Crippen LogP contribution in [-0.2, 0) is 4.74 Å². The first kappa shape index (κ1) is 15.3. The molecule has 0 saturated heterocycles. The minimum absolute atomic E-state index is 0.267. The van der Waals surface area contributed by atoms with Crippen LogP contribution in [0.5, 0.6) is 5.75 Å². The number of carbonyl (C=O) groups is 1. The van der Waals surface area contributed by atoms with Gasteiger partial charge in [-0.25, -0.2) is 4.98 Å². The zero-order valence-corrected chi connectivity index (χ0v) is 12.3. The van der Waals surface area contributed by atoms with E-state index in [0.29, 0.717) is 24.7 Å². The van der Waals surface area contributed by atoms with Crippen LogP contribution in [-0.4, -0.2) is 31.2 Å². The van der Waals surface area contributed by atoms with Crippen molar-refractivity contribution in [1.82, 2.24) is 4.98 Å². The molecule has 0 radical (unpaired) electrons. The third-order valence-corrected chi connectivity index (χ3v) is 2.83. The molecule has 1 heterocycles. The molecule has 1 aromatic carbocycles. The maximum absolute atomic E-state index is 12.0. The molecule has 0 aliphatic carbocycles. The predicted octanol–water partition coefficient (Wildman–Crippen LogP) is 3.01. The molecular formula is C15H15ClN2O3. The average Bonchev–Trinajstić information content (AvgIpc) is 2.49. The van der Waals surface area contributed by atoms with Gasteiger partial charge in [-0.3, -0.25) is 4.79 Å². The summed E-state index contributed by atoms with van der Waals surface area (Å²) in [5.41, 5.74) is 0.920. The van der Waals surface area contributed by atoms with Gasteiger partial charge in [0.05, 0.1) is 6.61 Å². The van der Waals surface area contributed by atoms with E-state index in [2.05, 4.69) is 10.3 Å². The van der Waals surface area contributed by atoms with E-state index < -0.39 is 0 Å². The number of ether oxygens (including phenoxy) is 2. The predicted molar refractivity (Wildman–Crippen MR) is 81.0 cm³/mol. The number of nitrogens with one attached hydrogen (secondary N) is 1. The molecule has 0 aliphatic rings. The standard InChI is InChI=1S/C15H15ClN2O3/c1-20-9-10-21-12-7-5-11(6-8-12)17-15(19)13-3-2-4-14(16)18-13/h2-8H,9-10H2,1H3,(H,17,19). The first-order valence-corrected chi connectivity index (χ1v) is 6.72. The van der Waals surface area contributed by atoms with Crippen LogP contribution in [0.15, 0.2) is 42.5 Å².